The second-order valence-electron chi connectivity index (χ2n) is 22.9. The van der Waals surface area contributed by atoms with Crippen LogP contribution < -0.4 is 20.2 Å². The Balaban J connectivity index is 0.735. The Bertz CT molecular complexity index is 3360. The summed E-state index contributed by atoms with van der Waals surface area (Å²) in [5, 5.41) is 3.31. The van der Waals surface area contributed by atoms with Gasteiger partial charge in [0.15, 0.2) is 0 Å². The van der Waals surface area contributed by atoms with Gasteiger partial charge in [0, 0.05) is 37.7 Å². The van der Waals surface area contributed by atoms with Gasteiger partial charge < -0.3 is 9.80 Å². The molecule has 0 N–H and O–H groups in total. The highest BCUT2D eigenvalue weighted by atomic mass is 32.3. The van der Waals surface area contributed by atoms with Crippen LogP contribution in [0, 0.1) is 0 Å². The summed E-state index contributed by atoms with van der Waals surface area (Å²) in [4.78, 5) is 8.61. The van der Waals surface area contributed by atoms with E-state index in [1.807, 2.05) is 0 Å². The Morgan fingerprint density at radius 2 is 1.08 bits per heavy atom. The van der Waals surface area contributed by atoms with Gasteiger partial charge in [0.1, 0.15) is 8.07 Å². The van der Waals surface area contributed by atoms with Crippen molar-refractivity contribution in [1.29, 1.82) is 0 Å². The van der Waals surface area contributed by atoms with Gasteiger partial charge in [-0.05, 0) is 170 Å². The molecule has 4 aliphatic heterocycles. The minimum absolute atomic E-state index is 0.0458. The fraction of sp³-hybridized carbons (Fsp3) is 0.284. The van der Waals surface area contributed by atoms with Crippen LogP contribution in [0.15, 0.2) is 179 Å². The predicted molar refractivity (Wildman–Crippen MR) is 305 cm³/mol. The second-order valence-corrected chi connectivity index (χ2v) is 30.6. The molecule has 1 atom stereocenters. The molecule has 0 bridgehead atoms. The molecule has 4 heterocycles. The van der Waals surface area contributed by atoms with E-state index in [0.717, 1.165) is 6.42 Å². The van der Waals surface area contributed by atoms with Crippen molar-refractivity contribution in [2.75, 3.05) is 21.3 Å². The first-order valence-electron chi connectivity index (χ1n) is 27.2. The zero-order valence-electron chi connectivity index (χ0n) is 41.5. The average Bonchev–Trinajstić information content (AvgIpc) is 4.21. The van der Waals surface area contributed by atoms with Crippen LogP contribution in [0.2, 0.25) is 12.1 Å². The lowest BCUT2D eigenvalue weighted by Gasteiger charge is -2.49. The van der Waals surface area contributed by atoms with Crippen molar-refractivity contribution >= 4 is 74.6 Å². The molecule has 0 amide bonds. The molecule has 7 aromatic carbocycles. The van der Waals surface area contributed by atoms with Crippen LogP contribution in [0.1, 0.15) is 111 Å². The number of para-hydroxylation sites is 4. The fourth-order valence-electron chi connectivity index (χ4n) is 16.0. The molecule has 2 saturated heterocycles. The lowest BCUT2D eigenvalue weighted by molar-refractivity contribution is 0.353. The molecule has 0 radical (unpaired) electrons. The summed E-state index contributed by atoms with van der Waals surface area (Å²) in [6, 6.07) is 63.2. The summed E-state index contributed by atoms with van der Waals surface area (Å²) in [5.74, 6) is 2.66. The number of hydrogen-bond acceptors (Lipinski definition) is 2. The van der Waals surface area contributed by atoms with Crippen LogP contribution in [-0.4, -0.2) is 25.6 Å². The number of fused-ring (bicyclic) bond motifs is 15. The van der Waals surface area contributed by atoms with Crippen molar-refractivity contribution in [3.63, 3.8) is 0 Å². The predicted octanol–water partition coefficient (Wildman–Crippen LogP) is 16.8. The Hall–Kier alpha value is -6.07. The average molecular weight is 957 g/mol. The first-order chi connectivity index (χ1) is 34.9. The van der Waals surface area contributed by atoms with E-state index in [9.17, 15) is 0 Å². The molecule has 8 aliphatic rings. The van der Waals surface area contributed by atoms with E-state index in [2.05, 4.69) is 200 Å². The Kier molecular flexibility index (Phi) is 9.43. The zero-order valence-corrected chi connectivity index (χ0v) is 43.3. The lowest BCUT2D eigenvalue weighted by atomic mass is 9.67. The van der Waals surface area contributed by atoms with Crippen LogP contribution in [0.25, 0.3) is 28.9 Å². The van der Waals surface area contributed by atoms with Gasteiger partial charge in [-0.3, -0.25) is 0 Å². The first kappa shape index (κ1) is 42.6. The summed E-state index contributed by atoms with van der Waals surface area (Å²) < 4.78 is 0. The molecular weight excluding hydrogens is 893 g/mol. The van der Waals surface area contributed by atoms with Gasteiger partial charge in [-0.2, -0.15) is 10.0 Å². The summed E-state index contributed by atoms with van der Waals surface area (Å²) in [6.45, 7) is 4.97. The largest absolute Gasteiger partial charge is 0.332 e. The minimum Gasteiger partial charge on any atom is -0.332 e. The van der Waals surface area contributed by atoms with Crippen LogP contribution in [0.4, 0.5) is 28.4 Å². The molecule has 1 unspecified atom stereocenters. The Morgan fingerprint density at radius 3 is 1.73 bits per heavy atom. The maximum Gasteiger partial charge on any atom is 0.123 e. The monoisotopic (exact) mass is 956 g/mol. The Labute approximate surface area is 424 Å². The van der Waals surface area contributed by atoms with Crippen LogP contribution >= 0.6 is 10.0 Å². The van der Waals surface area contributed by atoms with Gasteiger partial charge in [0.05, 0.1) is 17.4 Å². The molecule has 4 heteroatoms. The fourth-order valence-corrected chi connectivity index (χ4v) is 26.0. The van der Waals surface area contributed by atoms with E-state index in [-0.39, 0.29) is 16.9 Å². The van der Waals surface area contributed by atoms with Gasteiger partial charge in [-0.15, -0.1) is 0 Å². The smallest absolute Gasteiger partial charge is 0.123 e. The number of allylic oxidation sites excluding steroid dienone is 2. The highest BCUT2D eigenvalue weighted by Crippen LogP contribution is 2.73. The highest BCUT2D eigenvalue weighted by molar-refractivity contribution is 8.34. The number of rotatable bonds is 4. The molecule has 0 aromatic heterocycles. The minimum atomic E-state index is -1.79. The molecule has 1 saturated carbocycles. The van der Waals surface area contributed by atoms with Crippen LogP contribution in [0.5, 0.6) is 0 Å². The van der Waals surface area contributed by atoms with Gasteiger partial charge in [-0.1, -0.05) is 173 Å². The van der Waals surface area contributed by atoms with Crippen molar-refractivity contribution in [2.24, 2.45) is 0 Å². The van der Waals surface area contributed by atoms with Crippen molar-refractivity contribution in [3.8, 4) is 11.1 Å². The van der Waals surface area contributed by atoms with Crippen molar-refractivity contribution in [2.45, 2.75) is 117 Å². The van der Waals surface area contributed by atoms with Gasteiger partial charge in [-0.25, -0.2) is 0 Å². The SMILES string of the molecule is CC1(C)C2=C(C=CC(N3c4ccccc4S4(CCCC4)c4ccccc43)C2)c2ccc(C=Cc3ccc4c(c3)C3(CCCCC3)c3cc(N5c6ccccc6[Si]6(CCCC6)c6ccccc65)ccc3-4)cc21. The summed E-state index contributed by atoms with van der Waals surface area (Å²) >= 11 is 0. The van der Waals surface area contributed by atoms with E-state index in [4.69, 9.17) is 0 Å². The third-order valence-electron chi connectivity index (χ3n) is 19.2. The topological polar surface area (TPSA) is 6.48 Å². The van der Waals surface area contributed by atoms with Crippen molar-refractivity contribution in [1.82, 2.24) is 0 Å². The van der Waals surface area contributed by atoms with E-state index in [0.29, 0.717) is 0 Å². The number of nitrogens with zero attached hydrogens (tertiary/aromatic N) is 2. The highest BCUT2D eigenvalue weighted by Gasteiger charge is 2.49. The second kappa shape index (κ2) is 15.7. The lowest BCUT2D eigenvalue weighted by Crippen LogP contribution is -2.60. The first-order valence-corrected chi connectivity index (χ1v) is 31.6. The van der Waals surface area contributed by atoms with Crippen LogP contribution in [0.3, 0.4) is 0 Å². The number of benzene rings is 7. The van der Waals surface area contributed by atoms with Crippen molar-refractivity contribution in [3.05, 3.63) is 203 Å². The summed E-state index contributed by atoms with van der Waals surface area (Å²) in [7, 11) is -2.79. The molecule has 2 nitrogen and oxygen atoms in total. The van der Waals surface area contributed by atoms with E-state index >= 15 is 0 Å². The summed E-state index contributed by atoms with van der Waals surface area (Å²) in [5.41, 5.74) is 21.6. The number of hydrogen-bond donors (Lipinski definition) is 0. The molecule has 3 spiro atoms. The molecular formula is C67H64N2SSi. The molecule has 4 aliphatic carbocycles. The molecule has 15 rings (SSSR count). The van der Waals surface area contributed by atoms with E-state index < -0.39 is 18.1 Å². The van der Waals surface area contributed by atoms with Crippen molar-refractivity contribution < 1.29 is 0 Å². The number of anilines is 5. The third kappa shape index (κ3) is 5.95. The maximum absolute atomic E-state index is 2.72. The molecule has 3 fully saturated rings. The third-order valence-corrected chi connectivity index (χ3v) is 28.9. The normalized spacial score (nSPS) is 22.3. The zero-order chi connectivity index (χ0) is 47.1. The summed E-state index contributed by atoms with van der Waals surface area (Å²) in [6.07, 6.45) is 22.6. The van der Waals surface area contributed by atoms with Crippen LogP contribution in [-0.2, 0) is 10.8 Å². The molecule has 352 valence electrons. The standard InChI is InChI=1S/C67H64N2SSi/c1-66(2)54-42-46(28-32-50(54)51-34-30-48(44-55(51)66)68-58-18-4-8-22-62(58)70(38-14-15-39-70)63-23-9-5-19-59(63)68)26-27-47-29-33-52-53-35-31-49(45-57(53)67(56(52)43-47)36-12-3-13-37-67)69-60-20-6-10-24-64(60)71(40-16-17-41-71)65-25-11-7-21-61(65)69/h4-11,18-35,42-43,45,48H,3,12-17,36-41,44H2,1-2H3. The van der Waals surface area contributed by atoms with Gasteiger partial charge in [0.2, 0.25) is 0 Å². The van der Waals surface area contributed by atoms with E-state index in [1.165, 1.54) is 149 Å². The quantitative estimate of drug-likeness (QED) is 0.128. The maximum atomic E-state index is 2.72. The van der Waals surface area contributed by atoms with E-state index in [1.54, 1.807) is 36.9 Å². The molecule has 71 heavy (non-hydrogen) atoms. The Morgan fingerprint density at radius 1 is 0.535 bits per heavy atom. The van der Waals surface area contributed by atoms with Gasteiger partial charge >= 0.3 is 0 Å². The molecule has 7 aromatic rings. The van der Waals surface area contributed by atoms with Gasteiger partial charge in [0.25, 0.3) is 0 Å².